The molecule has 1 aromatic carbocycles. The highest BCUT2D eigenvalue weighted by Gasteiger charge is 2.18. The Hall–Kier alpha value is -2.83. The molecule has 0 spiro atoms. The number of nitrogens with zero attached hydrogens (tertiary/aromatic N) is 3. The van der Waals surface area contributed by atoms with Crippen LogP contribution in [0.5, 0.6) is 5.75 Å². The molecule has 0 fully saturated rings. The van der Waals surface area contributed by atoms with Crippen LogP contribution in [0.2, 0.25) is 0 Å². The highest BCUT2D eigenvalue weighted by Crippen LogP contribution is 2.33. The number of H-pyrrole nitrogens is 1. The Morgan fingerprint density at radius 1 is 1.36 bits per heavy atom. The topological polar surface area (TPSA) is 82.0 Å². The van der Waals surface area contributed by atoms with Gasteiger partial charge >= 0.3 is 5.97 Å². The smallest absolute Gasteiger partial charge is 0.358 e. The van der Waals surface area contributed by atoms with Gasteiger partial charge in [-0.05, 0) is 19.1 Å². The second-order valence-electron chi connectivity index (χ2n) is 4.77. The Bertz CT molecular complexity index is 835. The van der Waals surface area contributed by atoms with Gasteiger partial charge in [0, 0.05) is 24.1 Å². The molecule has 0 atom stereocenters. The molecule has 3 rings (SSSR count). The van der Waals surface area contributed by atoms with Gasteiger partial charge in [0.1, 0.15) is 5.75 Å². The zero-order valence-electron chi connectivity index (χ0n) is 12.6. The molecule has 2 aromatic heterocycles. The van der Waals surface area contributed by atoms with Gasteiger partial charge in [0.05, 0.1) is 31.1 Å². The first-order valence-electron chi connectivity index (χ1n) is 6.86. The SMILES string of the molecule is CCOC(=O)c1cc(-c2cc3cn[nH]c3cc2OC)n(C)n1. The Labute approximate surface area is 126 Å². The van der Waals surface area contributed by atoms with Crippen LogP contribution in [0.1, 0.15) is 17.4 Å². The van der Waals surface area contributed by atoms with Gasteiger partial charge < -0.3 is 9.47 Å². The van der Waals surface area contributed by atoms with E-state index in [0.29, 0.717) is 12.4 Å². The first-order chi connectivity index (χ1) is 10.6. The highest BCUT2D eigenvalue weighted by atomic mass is 16.5. The molecule has 0 bridgehead atoms. The maximum absolute atomic E-state index is 11.8. The highest BCUT2D eigenvalue weighted by molar-refractivity contribution is 5.91. The number of aromatic amines is 1. The number of esters is 1. The van der Waals surface area contributed by atoms with Crippen molar-refractivity contribution < 1.29 is 14.3 Å². The molecule has 7 heteroatoms. The Morgan fingerprint density at radius 3 is 2.91 bits per heavy atom. The van der Waals surface area contributed by atoms with Crippen molar-refractivity contribution in [2.75, 3.05) is 13.7 Å². The summed E-state index contributed by atoms with van der Waals surface area (Å²) in [5, 5.41) is 12.1. The van der Waals surface area contributed by atoms with Crippen molar-refractivity contribution in [1.82, 2.24) is 20.0 Å². The van der Waals surface area contributed by atoms with Crippen molar-refractivity contribution in [2.24, 2.45) is 7.05 Å². The molecule has 0 aliphatic carbocycles. The summed E-state index contributed by atoms with van der Waals surface area (Å²) in [7, 11) is 3.38. The number of methoxy groups -OCH3 is 1. The average molecular weight is 300 g/mol. The normalized spacial score (nSPS) is 10.9. The molecule has 0 unspecified atom stereocenters. The molecular weight excluding hydrogens is 284 g/mol. The number of hydrogen-bond acceptors (Lipinski definition) is 5. The average Bonchev–Trinajstić information content (AvgIpc) is 3.11. The number of aromatic nitrogens is 4. The van der Waals surface area contributed by atoms with Crippen LogP contribution in [0.4, 0.5) is 0 Å². The van der Waals surface area contributed by atoms with Crippen molar-refractivity contribution in [3.8, 4) is 17.0 Å². The lowest BCUT2D eigenvalue weighted by Gasteiger charge is -2.08. The fourth-order valence-corrected chi connectivity index (χ4v) is 2.36. The van der Waals surface area contributed by atoms with E-state index in [-0.39, 0.29) is 5.69 Å². The van der Waals surface area contributed by atoms with Crippen molar-refractivity contribution in [2.45, 2.75) is 6.92 Å². The van der Waals surface area contributed by atoms with E-state index in [1.807, 2.05) is 12.1 Å². The van der Waals surface area contributed by atoms with Gasteiger partial charge in [-0.3, -0.25) is 9.78 Å². The minimum Gasteiger partial charge on any atom is -0.496 e. The van der Waals surface area contributed by atoms with Crippen molar-refractivity contribution in [3.05, 3.63) is 30.1 Å². The number of nitrogens with one attached hydrogen (secondary N) is 1. The summed E-state index contributed by atoms with van der Waals surface area (Å²) in [4.78, 5) is 11.8. The Kier molecular flexibility index (Phi) is 3.54. The van der Waals surface area contributed by atoms with Gasteiger partial charge in [-0.15, -0.1) is 0 Å². The van der Waals surface area contributed by atoms with E-state index < -0.39 is 5.97 Å². The lowest BCUT2D eigenvalue weighted by molar-refractivity contribution is 0.0518. The van der Waals surface area contributed by atoms with E-state index in [0.717, 1.165) is 22.2 Å². The predicted octanol–water partition coefficient (Wildman–Crippen LogP) is 2.15. The van der Waals surface area contributed by atoms with Crippen LogP contribution >= 0.6 is 0 Å². The summed E-state index contributed by atoms with van der Waals surface area (Å²) in [5.41, 5.74) is 2.76. The van der Waals surface area contributed by atoms with Crippen LogP contribution in [0, 0.1) is 0 Å². The fraction of sp³-hybridized carbons (Fsp3) is 0.267. The lowest BCUT2D eigenvalue weighted by Crippen LogP contribution is -2.05. The second-order valence-corrected chi connectivity index (χ2v) is 4.77. The Balaban J connectivity index is 2.12. The predicted molar refractivity (Wildman–Crippen MR) is 80.8 cm³/mol. The molecule has 114 valence electrons. The number of rotatable bonds is 4. The van der Waals surface area contributed by atoms with E-state index >= 15 is 0 Å². The van der Waals surface area contributed by atoms with Crippen LogP contribution in [0.25, 0.3) is 22.2 Å². The quantitative estimate of drug-likeness (QED) is 0.747. The number of fused-ring (bicyclic) bond motifs is 1. The van der Waals surface area contributed by atoms with E-state index in [1.54, 1.807) is 38.0 Å². The fourth-order valence-electron chi connectivity index (χ4n) is 2.36. The molecule has 1 N–H and O–H groups in total. The monoisotopic (exact) mass is 300 g/mol. The van der Waals surface area contributed by atoms with Gasteiger partial charge in [-0.1, -0.05) is 0 Å². The van der Waals surface area contributed by atoms with E-state index in [1.165, 1.54) is 0 Å². The second kappa shape index (κ2) is 5.51. The summed E-state index contributed by atoms with van der Waals surface area (Å²) >= 11 is 0. The molecule has 0 aliphatic rings. The molecule has 0 amide bonds. The molecule has 7 nitrogen and oxygen atoms in total. The third-order valence-electron chi connectivity index (χ3n) is 3.40. The molecular formula is C15H16N4O3. The third-order valence-corrected chi connectivity index (χ3v) is 3.40. The van der Waals surface area contributed by atoms with Gasteiger partial charge in [0.25, 0.3) is 0 Å². The van der Waals surface area contributed by atoms with Crippen LogP contribution in [0.15, 0.2) is 24.4 Å². The van der Waals surface area contributed by atoms with E-state index in [9.17, 15) is 4.79 Å². The van der Waals surface area contributed by atoms with Gasteiger partial charge in [0.15, 0.2) is 5.69 Å². The minimum absolute atomic E-state index is 0.272. The van der Waals surface area contributed by atoms with Crippen LogP contribution in [0.3, 0.4) is 0 Å². The summed E-state index contributed by atoms with van der Waals surface area (Å²) in [6.45, 7) is 2.08. The molecule has 2 heterocycles. The number of benzene rings is 1. The maximum Gasteiger partial charge on any atom is 0.358 e. The van der Waals surface area contributed by atoms with Crippen molar-refractivity contribution in [3.63, 3.8) is 0 Å². The lowest BCUT2D eigenvalue weighted by atomic mass is 10.1. The van der Waals surface area contributed by atoms with Gasteiger partial charge in [-0.25, -0.2) is 4.79 Å². The van der Waals surface area contributed by atoms with Crippen LogP contribution in [-0.4, -0.2) is 39.7 Å². The summed E-state index contributed by atoms with van der Waals surface area (Å²) < 4.78 is 12.1. The largest absolute Gasteiger partial charge is 0.496 e. The van der Waals surface area contributed by atoms with Crippen LogP contribution in [-0.2, 0) is 11.8 Å². The molecule has 0 saturated carbocycles. The Morgan fingerprint density at radius 2 is 2.18 bits per heavy atom. The molecule has 0 aliphatic heterocycles. The number of ether oxygens (including phenoxy) is 2. The zero-order chi connectivity index (χ0) is 15.7. The standard InChI is InChI=1S/C15H16N4O3/c1-4-22-15(20)12-6-13(19(2)18-12)10-5-9-8-16-17-11(9)7-14(10)21-3/h5-8H,4H2,1-3H3,(H,16,17). The molecule has 3 aromatic rings. The number of aryl methyl sites for hydroxylation is 1. The number of hydrogen-bond donors (Lipinski definition) is 1. The third kappa shape index (κ3) is 2.30. The molecule has 0 saturated heterocycles. The van der Waals surface area contributed by atoms with Gasteiger partial charge in [-0.2, -0.15) is 10.2 Å². The number of carbonyl (C=O) groups excluding carboxylic acids is 1. The summed E-state index contributed by atoms with van der Waals surface area (Å²) in [6, 6.07) is 5.51. The number of carbonyl (C=O) groups is 1. The van der Waals surface area contributed by atoms with Crippen molar-refractivity contribution in [1.29, 1.82) is 0 Å². The summed E-state index contributed by atoms with van der Waals surface area (Å²) in [6.07, 6.45) is 1.74. The van der Waals surface area contributed by atoms with E-state index in [2.05, 4.69) is 15.3 Å². The molecule has 0 radical (unpaired) electrons. The minimum atomic E-state index is -0.437. The molecule has 22 heavy (non-hydrogen) atoms. The zero-order valence-corrected chi connectivity index (χ0v) is 12.6. The maximum atomic E-state index is 11.8. The van der Waals surface area contributed by atoms with Gasteiger partial charge in [0.2, 0.25) is 0 Å². The summed E-state index contributed by atoms with van der Waals surface area (Å²) in [5.74, 6) is 0.239. The van der Waals surface area contributed by atoms with Crippen molar-refractivity contribution >= 4 is 16.9 Å². The first kappa shape index (κ1) is 14.1. The first-order valence-corrected chi connectivity index (χ1v) is 6.86. The van der Waals surface area contributed by atoms with E-state index in [4.69, 9.17) is 9.47 Å². The van der Waals surface area contributed by atoms with Crippen LogP contribution < -0.4 is 4.74 Å².